The molecule has 0 aliphatic carbocycles. The average Bonchev–Trinajstić information content (AvgIpc) is 2.56. The summed E-state index contributed by atoms with van der Waals surface area (Å²) in [6.07, 6.45) is 2.89. The first-order chi connectivity index (χ1) is 11.5. The van der Waals surface area contributed by atoms with Crippen LogP contribution in [-0.2, 0) is 9.53 Å². The van der Waals surface area contributed by atoms with Crippen molar-refractivity contribution in [3.8, 4) is 0 Å². The fourth-order valence-electron chi connectivity index (χ4n) is 2.64. The summed E-state index contributed by atoms with van der Waals surface area (Å²) >= 11 is 6.27. The molecule has 0 spiro atoms. The Morgan fingerprint density at radius 3 is 2.71 bits per heavy atom. The van der Waals surface area contributed by atoms with Crippen molar-refractivity contribution in [3.05, 3.63) is 46.1 Å². The summed E-state index contributed by atoms with van der Waals surface area (Å²) in [6.45, 7) is 4.20. The van der Waals surface area contributed by atoms with E-state index in [4.69, 9.17) is 16.3 Å². The third kappa shape index (κ3) is 3.90. The highest BCUT2D eigenvalue weighted by Crippen LogP contribution is 2.34. The summed E-state index contributed by atoms with van der Waals surface area (Å²) in [4.78, 5) is 26.2. The molecule has 6 heteroatoms. The largest absolute Gasteiger partial charge is 0.462 e. The number of carbonyl (C=O) groups excluding carboxylic acids is 2. The van der Waals surface area contributed by atoms with Gasteiger partial charge in [0.05, 0.1) is 18.2 Å². The van der Waals surface area contributed by atoms with E-state index >= 15 is 0 Å². The predicted molar refractivity (Wildman–Crippen MR) is 93.7 cm³/mol. The highest BCUT2D eigenvalue weighted by Gasteiger charge is 2.35. The summed E-state index contributed by atoms with van der Waals surface area (Å²) in [5.74, 6) is -0.416. The Hall–Kier alpha value is -2.01. The first-order valence-electron chi connectivity index (χ1n) is 8.13. The zero-order valence-electron chi connectivity index (χ0n) is 14.3. The van der Waals surface area contributed by atoms with Gasteiger partial charge in [-0.3, -0.25) is 0 Å². The van der Waals surface area contributed by atoms with Gasteiger partial charge in [0, 0.05) is 17.8 Å². The Balaban J connectivity index is 2.32. The number of unbranched alkanes of at least 4 members (excludes halogenated alkanes) is 2. The lowest BCUT2D eigenvalue weighted by atomic mass is 9.95. The zero-order valence-corrected chi connectivity index (χ0v) is 15.0. The highest BCUT2D eigenvalue weighted by atomic mass is 35.5. The average molecular weight is 351 g/mol. The zero-order chi connectivity index (χ0) is 17.7. The molecule has 2 amide bonds. The Kier molecular flexibility index (Phi) is 6.26. The number of carbonyl (C=O) groups is 2. The number of hydrogen-bond acceptors (Lipinski definition) is 3. The lowest BCUT2D eigenvalue weighted by Crippen LogP contribution is -2.46. The van der Waals surface area contributed by atoms with E-state index in [9.17, 15) is 9.59 Å². The summed E-state index contributed by atoms with van der Waals surface area (Å²) in [5.41, 5.74) is 1.67. The maximum atomic E-state index is 12.6. The van der Waals surface area contributed by atoms with Crippen molar-refractivity contribution >= 4 is 23.6 Å². The van der Waals surface area contributed by atoms with Crippen LogP contribution in [0.25, 0.3) is 0 Å². The molecule has 0 radical (unpaired) electrons. The topological polar surface area (TPSA) is 58.6 Å². The second-order valence-electron chi connectivity index (χ2n) is 5.81. The molecule has 0 aromatic heterocycles. The Morgan fingerprint density at radius 1 is 1.33 bits per heavy atom. The molecular weight excluding hydrogens is 328 g/mol. The number of halogens is 1. The molecule has 0 unspecified atom stereocenters. The Labute approximate surface area is 147 Å². The third-order valence-electron chi connectivity index (χ3n) is 4.17. The molecule has 0 fully saturated rings. The van der Waals surface area contributed by atoms with Gasteiger partial charge in [-0.25, -0.2) is 9.59 Å². The van der Waals surface area contributed by atoms with Crippen LogP contribution in [0, 0.1) is 0 Å². The van der Waals surface area contributed by atoms with E-state index in [2.05, 4.69) is 12.2 Å². The van der Waals surface area contributed by atoms with Gasteiger partial charge in [-0.1, -0.05) is 49.6 Å². The summed E-state index contributed by atoms with van der Waals surface area (Å²) < 4.78 is 5.41. The van der Waals surface area contributed by atoms with Crippen molar-refractivity contribution in [3.63, 3.8) is 0 Å². The Morgan fingerprint density at radius 2 is 2.04 bits per heavy atom. The van der Waals surface area contributed by atoms with Crippen LogP contribution in [0.2, 0.25) is 5.02 Å². The van der Waals surface area contributed by atoms with Crippen molar-refractivity contribution in [2.45, 2.75) is 39.2 Å². The SMILES string of the molecule is CCCCCOC(=O)C1=C(C)N(C)C(=O)N[C@H]1c1ccccc1Cl. The molecule has 1 atom stereocenters. The first-order valence-corrected chi connectivity index (χ1v) is 8.51. The van der Waals surface area contributed by atoms with Crippen molar-refractivity contribution in [1.29, 1.82) is 0 Å². The van der Waals surface area contributed by atoms with Gasteiger partial charge < -0.3 is 15.0 Å². The molecule has 0 saturated carbocycles. The number of benzene rings is 1. The number of esters is 1. The number of hydrogen-bond donors (Lipinski definition) is 1. The van der Waals surface area contributed by atoms with Crippen molar-refractivity contribution in [2.75, 3.05) is 13.7 Å². The molecule has 5 nitrogen and oxygen atoms in total. The molecule has 1 aromatic carbocycles. The maximum Gasteiger partial charge on any atom is 0.338 e. The van der Waals surface area contributed by atoms with Gasteiger partial charge in [0.2, 0.25) is 0 Å². The van der Waals surface area contributed by atoms with Gasteiger partial charge in [0.15, 0.2) is 0 Å². The van der Waals surface area contributed by atoms with E-state index in [0.29, 0.717) is 28.5 Å². The van der Waals surface area contributed by atoms with Gasteiger partial charge >= 0.3 is 12.0 Å². The molecule has 1 aliphatic heterocycles. The Bertz CT molecular complexity index is 657. The minimum absolute atomic E-state index is 0.278. The van der Waals surface area contributed by atoms with Crippen molar-refractivity contribution in [2.24, 2.45) is 0 Å². The van der Waals surface area contributed by atoms with Crippen molar-refractivity contribution in [1.82, 2.24) is 10.2 Å². The van der Waals surface area contributed by atoms with E-state index in [1.54, 1.807) is 26.1 Å². The number of urea groups is 1. The fraction of sp³-hybridized carbons (Fsp3) is 0.444. The van der Waals surface area contributed by atoms with Crippen LogP contribution < -0.4 is 5.32 Å². The minimum atomic E-state index is -0.610. The second kappa shape index (κ2) is 8.20. The molecule has 1 aliphatic rings. The minimum Gasteiger partial charge on any atom is -0.462 e. The highest BCUT2D eigenvalue weighted by molar-refractivity contribution is 6.31. The van der Waals surface area contributed by atoms with Crippen LogP contribution in [0.3, 0.4) is 0 Å². The van der Waals surface area contributed by atoms with Crippen LogP contribution in [-0.4, -0.2) is 30.6 Å². The van der Waals surface area contributed by atoms with Gasteiger partial charge in [0.25, 0.3) is 0 Å². The number of amides is 2. The summed E-state index contributed by atoms with van der Waals surface area (Å²) in [7, 11) is 1.62. The molecule has 0 saturated heterocycles. The quantitative estimate of drug-likeness (QED) is 0.622. The summed E-state index contributed by atoms with van der Waals surface area (Å²) in [5, 5.41) is 3.33. The first kappa shape index (κ1) is 18.3. The monoisotopic (exact) mass is 350 g/mol. The number of allylic oxidation sites excluding steroid dienone is 1. The number of nitrogens with one attached hydrogen (secondary N) is 1. The second-order valence-corrected chi connectivity index (χ2v) is 6.21. The van der Waals surface area contributed by atoms with Gasteiger partial charge in [0.1, 0.15) is 0 Å². The lowest BCUT2D eigenvalue weighted by Gasteiger charge is -2.33. The molecule has 130 valence electrons. The van der Waals surface area contributed by atoms with E-state index in [1.165, 1.54) is 4.90 Å². The smallest absolute Gasteiger partial charge is 0.338 e. The normalized spacial score (nSPS) is 17.8. The molecule has 0 bridgehead atoms. The van der Waals surface area contributed by atoms with Crippen LogP contribution in [0.5, 0.6) is 0 Å². The van der Waals surface area contributed by atoms with Crippen LogP contribution in [0.1, 0.15) is 44.7 Å². The molecule has 1 heterocycles. The van der Waals surface area contributed by atoms with Gasteiger partial charge in [-0.15, -0.1) is 0 Å². The standard InChI is InChI=1S/C18H23ClN2O3/c1-4-5-8-11-24-17(22)15-12(2)21(3)18(23)20-16(15)13-9-6-7-10-14(13)19/h6-7,9-10,16H,4-5,8,11H2,1-3H3,(H,20,23)/t16-/m0/s1. The predicted octanol–water partition coefficient (Wildman–Crippen LogP) is 4.04. The number of ether oxygens (including phenoxy) is 1. The molecule has 1 aromatic rings. The maximum absolute atomic E-state index is 12.6. The van der Waals surface area contributed by atoms with Gasteiger partial charge in [-0.2, -0.15) is 0 Å². The number of nitrogens with zero attached hydrogens (tertiary/aromatic N) is 1. The van der Waals surface area contributed by atoms with Crippen LogP contribution in [0.4, 0.5) is 4.79 Å². The molecule has 1 N–H and O–H groups in total. The van der Waals surface area contributed by atoms with E-state index in [1.807, 2.05) is 12.1 Å². The molecular formula is C18H23ClN2O3. The van der Waals surface area contributed by atoms with E-state index in [-0.39, 0.29) is 6.03 Å². The van der Waals surface area contributed by atoms with Crippen molar-refractivity contribution < 1.29 is 14.3 Å². The third-order valence-corrected chi connectivity index (χ3v) is 4.52. The van der Waals surface area contributed by atoms with E-state index < -0.39 is 12.0 Å². The summed E-state index contributed by atoms with van der Waals surface area (Å²) in [6, 6.07) is 6.28. The fourth-order valence-corrected chi connectivity index (χ4v) is 2.88. The van der Waals surface area contributed by atoms with Crippen LogP contribution >= 0.6 is 11.6 Å². The lowest BCUT2D eigenvalue weighted by molar-refractivity contribution is -0.139. The van der Waals surface area contributed by atoms with E-state index in [0.717, 1.165) is 19.3 Å². The molecule has 2 rings (SSSR count). The van der Waals surface area contributed by atoms with Crippen LogP contribution in [0.15, 0.2) is 35.5 Å². The number of rotatable bonds is 6. The molecule has 24 heavy (non-hydrogen) atoms. The van der Waals surface area contributed by atoms with Gasteiger partial charge in [-0.05, 0) is 25.0 Å².